The molecule has 0 bridgehead atoms. The van der Waals surface area contributed by atoms with Gasteiger partial charge in [0, 0.05) is 32.8 Å². The van der Waals surface area contributed by atoms with Crippen molar-refractivity contribution in [2.75, 3.05) is 26.9 Å². The fourth-order valence-electron chi connectivity index (χ4n) is 4.04. The number of hydrogen-bond acceptors (Lipinski definition) is 4. The summed E-state index contributed by atoms with van der Waals surface area (Å²) in [6.45, 7) is 4.31. The average molecular weight is 341 g/mol. The predicted molar refractivity (Wildman–Crippen MR) is 95.2 cm³/mol. The van der Waals surface area contributed by atoms with Gasteiger partial charge in [0.1, 0.15) is 5.78 Å². The second kappa shape index (κ2) is 11.2. The monoisotopic (exact) mass is 340 g/mol. The van der Waals surface area contributed by atoms with E-state index < -0.39 is 0 Å². The zero-order valence-electron chi connectivity index (χ0n) is 15.6. The summed E-state index contributed by atoms with van der Waals surface area (Å²) in [6.07, 6.45) is 12.0. The lowest BCUT2D eigenvalue weighted by Gasteiger charge is -2.28. The first-order chi connectivity index (χ1) is 11.7. The Balaban J connectivity index is 1.42. The van der Waals surface area contributed by atoms with Crippen LogP contribution in [0.15, 0.2) is 0 Å². The minimum absolute atomic E-state index is 0.289. The van der Waals surface area contributed by atoms with E-state index in [-0.39, 0.29) is 5.92 Å². The molecular weight excluding hydrogens is 304 g/mol. The van der Waals surface area contributed by atoms with Crippen LogP contribution < -0.4 is 0 Å². The Labute approximate surface area is 147 Å². The fourth-order valence-corrected chi connectivity index (χ4v) is 4.04. The Hall–Kier alpha value is -0.450. The van der Waals surface area contributed by atoms with Crippen LogP contribution in [-0.4, -0.2) is 44.9 Å². The minimum atomic E-state index is 0.289. The van der Waals surface area contributed by atoms with Crippen molar-refractivity contribution in [1.29, 1.82) is 0 Å². The molecule has 4 heteroatoms. The van der Waals surface area contributed by atoms with Gasteiger partial charge < -0.3 is 14.2 Å². The lowest BCUT2D eigenvalue weighted by atomic mass is 9.85. The molecule has 2 saturated carbocycles. The summed E-state index contributed by atoms with van der Waals surface area (Å²) in [5, 5.41) is 0. The molecule has 0 unspecified atom stereocenters. The molecule has 0 heterocycles. The molecule has 2 aliphatic rings. The van der Waals surface area contributed by atoms with E-state index in [4.69, 9.17) is 14.2 Å². The number of carbonyl (C=O) groups excluding carboxylic acids is 1. The number of hydrogen-bond donors (Lipinski definition) is 0. The van der Waals surface area contributed by atoms with Gasteiger partial charge in [0.2, 0.25) is 0 Å². The van der Waals surface area contributed by atoms with Crippen LogP contribution in [0.3, 0.4) is 0 Å². The van der Waals surface area contributed by atoms with Crippen LogP contribution in [0.2, 0.25) is 0 Å². The van der Waals surface area contributed by atoms with Crippen molar-refractivity contribution in [2.45, 2.75) is 83.3 Å². The van der Waals surface area contributed by atoms with E-state index in [0.29, 0.717) is 18.0 Å². The van der Waals surface area contributed by atoms with E-state index in [2.05, 4.69) is 0 Å². The normalized spacial score (nSPS) is 31.1. The zero-order chi connectivity index (χ0) is 17.2. The lowest BCUT2D eigenvalue weighted by molar-refractivity contribution is -0.122. The van der Waals surface area contributed by atoms with E-state index in [1.807, 2.05) is 0 Å². The van der Waals surface area contributed by atoms with Gasteiger partial charge in [-0.05, 0) is 77.0 Å². The van der Waals surface area contributed by atoms with Gasteiger partial charge in [0.15, 0.2) is 0 Å². The SMILES string of the molecule is COCC1CCC(OCCCCOC2CCC(C(C)=O)CC2)CC1. The van der Waals surface area contributed by atoms with Gasteiger partial charge in [-0.3, -0.25) is 4.79 Å². The Morgan fingerprint density at radius 1 is 0.833 bits per heavy atom. The molecule has 0 saturated heterocycles. The lowest BCUT2D eigenvalue weighted by Crippen LogP contribution is -2.25. The van der Waals surface area contributed by atoms with Crippen LogP contribution in [-0.2, 0) is 19.0 Å². The van der Waals surface area contributed by atoms with E-state index in [9.17, 15) is 4.79 Å². The van der Waals surface area contributed by atoms with Gasteiger partial charge in [-0.2, -0.15) is 0 Å². The van der Waals surface area contributed by atoms with E-state index >= 15 is 0 Å². The Kier molecular flexibility index (Phi) is 9.29. The average Bonchev–Trinajstić information content (AvgIpc) is 2.60. The minimum Gasteiger partial charge on any atom is -0.384 e. The maximum atomic E-state index is 11.4. The van der Waals surface area contributed by atoms with E-state index in [1.165, 1.54) is 25.7 Å². The summed E-state index contributed by atoms with van der Waals surface area (Å²) in [5.74, 6) is 1.38. The van der Waals surface area contributed by atoms with Crippen LogP contribution >= 0.6 is 0 Å². The van der Waals surface area contributed by atoms with Crippen molar-refractivity contribution in [3.63, 3.8) is 0 Å². The first-order valence-electron chi connectivity index (χ1n) is 9.91. The molecule has 0 amide bonds. The smallest absolute Gasteiger partial charge is 0.132 e. The highest BCUT2D eigenvalue weighted by Gasteiger charge is 2.24. The number of carbonyl (C=O) groups is 1. The molecule has 4 nitrogen and oxygen atoms in total. The van der Waals surface area contributed by atoms with Crippen LogP contribution in [0.25, 0.3) is 0 Å². The number of ketones is 1. The zero-order valence-corrected chi connectivity index (χ0v) is 15.6. The molecule has 0 aromatic carbocycles. The van der Waals surface area contributed by atoms with Crippen molar-refractivity contribution >= 4 is 5.78 Å². The van der Waals surface area contributed by atoms with Gasteiger partial charge in [0.25, 0.3) is 0 Å². The summed E-state index contributed by atoms with van der Waals surface area (Å²) in [6, 6.07) is 0. The number of methoxy groups -OCH3 is 1. The molecule has 24 heavy (non-hydrogen) atoms. The topological polar surface area (TPSA) is 44.8 Å². The third-order valence-corrected chi connectivity index (χ3v) is 5.69. The van der Waals surface area contributed by atoms with Crippen molar-refractivity contribution in [1.82, 2.24) is 0 Å². The van der Waals surface area contributed by atoms with Gasteiger partial charge in [0.05, 0.1) is 12.2 Å². The van der Waals surface area contributed by atoms with Crippen LogP contribution in [0.1, 0.15) is 71.1 Å². The van der Waals surface area contributed by atoms with E-state index in [1.54, 1.807) is 14.0 Å². The summed E-state index contributed by atoms with van der Waals surface area (Å²) >= 11 is 0. The fraction of sp³-hybridized carbons (Fsp3) is 0.950. The molecule has 140 valence electrons. The van der Waals surface area contributed by atoms with E-state index in [0.717, 1.165) is 64.3 Å². The van der Waals surface area contributed by atoms with Crippen LogP contribution in [0.5, 0.6) is 0 Å². The number of Topliss-reactive ketones (excluding diaryl/α,β-unsaturated/α-hetero) is 1. The summed E-state index contributed by atoms with van der Waals surface area (Å²) in [4.78, 5) is 11.4. The molecule has 2 rings (SSSR count). The van der Waals surface area contributed by atoms with Crippen molar-refractivity contribution in [3.05, 3.63) is 0 Å². The standard InChI is InChI=1S/C20H36O4/c1-16(21)18-7-11-20(12-8-18)24-14-4-3-13-23-19-9-5-17(6-10-19)15-22-2/h17-20H,3-15H2,1-2H3. The maximum absolute atomic E-state index is 11.4. The Morgan fingerprint density at radius 2 is 1.33 bits per heavy atom. The molecule has 0 aromatic rings. The number of ether oxygens (including phenoxy) is 3. The van der Waals surface area contributed by atoms with Crippen LogP contribution in [0, 0.1) is 11.8 Å². The Bertz CT molecular complexity index is 342. The summed E-state index contributed by atoms with van der Waals surface area (Å²) in [5.41, 5.74) is 0. The van der Waals surface area contributed by atoms with Gasteiger partial charge in [-0.1, -0.05) is 0 Å². The third kappa shape index (κ3) is 7.20. The highest BCUT2D eigenvalue weighted by Crippen LogP contribution is 2.27. The maximum Gasteiger partial charge on any atom is 0.132 e. The molecule has 0 radical (unpaired) electrons. The van der Waals surface area contributed by atoms with Crippen molar-refractivity contribution in [3.8, 4) is 0 Å². The highest BCUT2D eigenvalue weighted by atomic mass is 16.5. The third-order valence-electron chi connectivity index (χ3n) is 5.69. The highest BCUT2D eigenvalue weighted by molar-refractivity contribution is 5.78. The molecule has 0 atom stereocenters. The molecule has 0 spiro atoms. The number of unbranched alkanes of at least 4 members (excludes halogenated alkanes) is 1. The largest absolute Gasteiger partial charge is 0.384 e. The molecule has 2 fully saturated rings. The second-order valence-corrected chi connectivity index (χ2v) is 7.63. The van der Waals surface area contributed by atoms with Gasteiger partial charge >= 0.3 is 0 Å². The first-order valence-corrected chi connectivity index (χ1v) is 9.91. The van der Waals surface area contributed by atoms with Gasteiger partial charge in [-0.25, -0.2) is 0 Å². The van der Waals surface area contributed by atoms with Crippen LogP contribution in [0.4, 0.5) is 0 Å². The predicted octanol–water partition coefficient (Wildman–Crippen LogP) is 4.15. The summed E-state index contributed by atoms with van der Waals surface area (Å²) < 4.78 is 17.2. The molecule has 0 aromatic heterocycles. The summed E-state index contributed by atoms with van der Waals surface area (Å²) in [7, 11) is 1.79. The quantitative estimate of drug-likeness (QED) is 0.560. The van der Waals surface area contributed by atoms with Crippen molar-refractivity contribution in [2.24, 2.45) is 11.8 Å². The Morgan fingerprint density at radius 3 is 1.79 bits per heavy atom. The van der Waals surface area contributed by atoms with Crippen molar-refractivity contribution < 1.29 is 19.0 Å². The number of rotatable bonds is 10. The van der Waals surface area contributed by atoms with Gasteiger partial charge in [-0.15, -0.1) is 0 Å². The molecule has 2 aliphatic carbocycles. The molecule has 0 aliphatic heterocycles. The molecular formula is C20H36O4. The molecule has 0 N–H and O–H groups in total. The first kappa shape index (κ1) is 19.9. The second-order valence-electron chi connectivity index (χ2n) is 7.63.